The Morgan fingerprint density at radius 2 is 1.58 bits per heavy atom. The van der Waals surface area contributed by atoms with Crippen molar-refractivity contribution in [3.8, 4) is 5.75 Å². The van der Waals surface area contributed by atoms with Gasteiger partial charge in [0.05, 0.1) is 12.2 Å². The molecule has 0 amide bonds. The van der Waals surface area contributed by atoms with E-state index in [-0.39, 0.29) is 12.4 Å². The lowest BCUT2D eigenvalue weighted by atomic mass is 10.1. The van der Waals surface area contributed by atoms with Crippen LogP contribution in [0.25, 0.3) is 0 Å². The number of benzene rings is 2. The number of ether oxygens (including phenoxy) is 2. The zero-order valence-corrected chi connectivity index (χ0v) is 14.2. The van der Waals surface area contributed by atoms with Gasteiger partial charge < -0.3 is 9.47 Å². The maximum Gasteiger partial charge on any atom is 0.338 e. The second kappa shape index (κ2) is 9.08. The van der Waals surface area contributed by atoms with Gasteiger partial charge in [0.25, 0.3) is 0 Å². The molecule has 0 spiro atoms. The molecule has 126 valence electrons. The lowest BCUT2D eigenvalue weighted by Crippen LogP contribution is -2.14. The van der Waals surface area contributed by atoms with Crippen LogP contribution in [0.1, 0.15) is 40.5 Å². The number of Topliss-reactive ketones (excluding diaryl/α,β-unsaturated/α-hetero) is 1. The Kier molecular flexibility index (Phi) is 6.82. The van der Waals surface area contributed by atoms with Crippen LogP contribution in [0.3, 0.4) is 0 Å². The fourth-order valence-corrected chi connectivity index (χ4v) is 2.08. The van der Waals surface area contributed by atoms with E-state index in [0.29, 0.717) is 28.5 Å². The van der Waals surface area contributed by atoms with Gasteiger partial charge in [0.2, 0.25) is 0 Å². The summed E-state index contributed by atoms with van der Waals surface area (Å²) >= 11 is 5.77. The number of esters is 1. The molecule has 0 aliphatic heterocycles. The summed E-state index contributed by atoms with van der Waals surface area (Å²) in [5.41, 5.74) is 0.827. The fourth-order valence-electron chi connectivity index (χ4n) is 1.96. The minimum Gasteiger partial charge on any atom is -0.494 e. The maximum atomic E-state index is 12.0. The SMILES string of the molecule is CCCCOc1ccc(C(=O)OCC(=O)c2ccc(Cl)cc2)cc1. The van der Waals surface area contributed by atoms with Crippen LogP contribution in [-0.4, -0.2) is 25.0 Å². The van der Waals surface area contributed by atoms with Crippen LogP contribution in [0, 0.1) is 0 Å². The number of unbranched alkanes of at least 4 members (excludes halogenated alkanes) is 1. The molecule has 0 aliphatic rings. The molecule has 2 aromatic rings. The van der Waals surface area contributed by atoms with Crippen molar-refractivity contribution >= 4 is 23.4 Å². The molecule has 0 heterocycles. The molecule has 0 saturated heterocycles. The molecule has 5 heteroatoms. The van der Waals surface area contributed by atoms with E-state index in [1.807, 2.05) is 0 Å². The topological polar surface area (TPSA) is 52.6 Å². The third-order valence-corrected chi connectivity index (χ3v) is 3.61. The monoisotopic (exact) mass is 346 g/mol. The van der Waals surface area contributed by atoms with Gasteiger partial charge in [-0.2, -0.15) is 0 Å². The average Bonchev–Trinajstić information content (AvgIpc) is 2.61. The predicted octanol–water partition coefficient (Wildman–Crippen LogP) is 4.56. The smallest absolute Gasteiger partial charge is 0.338 e. The van der Waals surface area contributed by atoms with E-state index in [4.69, 9.17) is 21.1 Å². The summed E-state index contributed by atoms with van der Waals surface area (Å²) in [6, 6.07) is 13.1. The Labute approximate surface area is 146 Å². The third kappa shape index (κ3) is 5.39. The first-order valence-electron chi connectivity index (χ1n) is 7.79. The van der Waals surface area contributed by atoms with E-state index < -0.39 is 5.97 Å². The normalized spacial score (nSPS) is 10.2. The van der Waals surface area contributed by atoms with Crippen LogP contribution < -0.4 is 4.74 Å². The van der Waals surface area contributed by atoms with Gasteiger partial charge >= 0.3 is 5.97 Å². The van der Waals surface area contributed by atoms with Gasteiger partial charge in [-0.1, -0.05) is 24.9 Å². The number of carbonyl (C=O) groups is 2. The first kappa shape index (κ1) is 18.0. The Hall–Kier alpha value is -2.33. The molecule has 0 bridgehead atoms. The predicted molar refractivity (Wildman–Crippen MR) is 92.9 cm³/mol. The first-order valence-corrected chi connectivity index (χ1v) is 8.16. The molecule has 0 aromatic heterocycles. The standard InChI is InChI=1S/C19H19ClO4/c1-2-3-12-23-17-10-6-15(7-11-17)19(22)24-13-18(21)14-4-8-16(20)9-5-14/h4-11H,2-3,12-13H2,1H3. The number of ketones is 1. The summed E-state index contributed by atoms with van der Waals surface area (Å²) in [6.45, 7) is 2.43. The highest BCUT2D eigenvalue weighted by Gasteiger charge is 2.12. The van der Waals surface area contributed by atoms with Gasteiger partial charge in [-0.05, 0) is 55.0 Å². The summed E-state index contributed by atoms with van der Waals surface area (Å²) in [7, 11) is 0. The largest absolute Gasteiger partial charge is 0.494 e. The molecule has 0 saturated carbocycles. The Morgan fingerprint density at radius 3 is 2.21 bits per heavy atom. The van der Waals surface area contributed by atoms with Crippen LogP contribution in [0.4, 0.5) is 0 Å². The highest BCUT2D eigenvalue weighted by atomic mass is 35.5. The molecule has 24 heavy (non-hydrogen) atoms. The second-order valence-corrected chi connectivity index (χ2v) is 5.67. The van der Waals surface area contributed by atoms with Gasteiger partial charge in [0.1, 0.15) is 5.75 Å². The van der Waals surface area contributed by atoms with Crippen LogP contribution in [0.15, 0.2) is 48.5 Å². The Bertz CT molecular complexity index is 678. The van der Waals surface area contributed by atoms with E-state index in [2.05, 4.69) is 6.92 Å². The summed E-state index contributed by atoms with van der Waals surface area (Å²) in [5, 5.41) is 0.546. The van der Waals surface area contributed by atoms with Crippen molar-refractivity contribution in [1.29, 1.82) is 0 Å². The number of hydrogen-bond acceptors (Lipinski definition) is 4. The van der Waals surface area contributed by atoms with Crippen molar-refractivity contribution in [3.05, 3.63) is 64.7 Å². The minimum atomic E-state index is -0.544. The second-order valence-electron chi connectivity index (χ2n) is 5.23. The number of hydrogen-bond donors (Lipinski definition) is 0. The molecule has 2 aromatic carbocycles. The summed E-state index contributed by atoms with van der Waals surface area (Å²) < 4.78 is 10.6. The number of carbonyl (C=O) groups excluding carboxylic acids is 2. The van der Waals surface area contributed by atoms with E-state index in [9.17, 15) is 9.59 Å². The van der Waals surface area contributed by atoms with Crippen molar-refractivity contribution in [1.82, 2.24) is 0 Å². The quantitative estimate of drug-likeness (QED) is 0.399. The van der Waals surface area contributed by atoms with Gasteiger partial charge in [-0.3, -0.25) is 4.79 Å². The molecule has 0 N–H and O–H groups in total. The van der Waals surface area contributed by atoms with Crippen LogP contribution in [0.2, 0.25) is 5.02 Å². The minimum absolute atomic E-state index is 0.278. The molecule has 0 unspecified atom stereocenters. The third-order valence-electron chi connectivity index (χ3n) is 3.36. The molecule has 0 fully saturated rings. The zero-order valence-electron chi connectivity index (χ0n) is 13.5. The van der Waals surface area contributed by atoms with Crippen molar-refractivity contribution in [2.24, 2.45) is 0 Å². The van der Waals surface area contributed by atoms with Crippen molar-refractivity contribution in [2.45, 2.75) is 19.8 Å². The molecular weight excluding hydrogens is 328 g/mol. The van der Waals surface area contributed by atoms with Crippen molar-refractivity contribution in [2.75, 3.05) is 13.2 Å². The van der Waals surface area contributed by atoms with Crippen LogP contribution in [-0.2, 0) is 4.74 Å². The van der Waals surface area contributed by atoms with Gasteiger partial charge in [-0.25, -0.2) is 4.79 Å². The Balaban J connectivity index is 1.85. The van der Waals surface area contributed by atoms with E-state index in [1.54, 1.807) is 48.5 Å². The lowest BCUT2D eigenvalue weighted by Gasteiger charge is -2.07. The van der Waals surface area contributed by atoms with Gasteiger partial charge in [-0.15, -0.1) is 0 Å². The molecule has 2 rings (SSSR count). The lowest BCUT2D eigenvalue weighted by molar-refractivity contribution is 0.0474. The van der Waals surface area contributed by atoms with Crippen LogP contribution >= 0.6 is 11.6 Å². The zero-order chi connectivity index (χ0) is 17.4. The summed E-state index contributed by atoms with van der Waals surface area (Å²) in [5.74, 6) is -0.116. The molecule has 4 nitrogen and oxygen atoms in total. The number of rotatable bonds is 8. The van der Waals surface area contributed by atoms with E-state index in [1.165, 1.54) is 0 Å². The maximum absolute atomic E-state index is 12.0. The molecular formula is C19H19ClO4. The highest BCUT2D eigenvalue weighted by Crippen LogP contribution is 2.14. The first-order chi connectivity index (χ1) is 11.6. The van der Waals surface area contributed by atoms with Crippen LogP contribution in [0.5, 0.6) is 5.75 Å². The Morgan fingerprint density at radius 1 is 0.958 bits per heavy atom. The van der Waals surface area contributed by atoms with Gasteiger partial charge in [0, 0.05) is 10.6 Å². The van der Waals surface area contributed by atoms with Crippen molar-refractivity contribution in [3.63, 3.8) is 0 Å². The molecule has 0 aliphatic carbocycles. The highest BCUT2D eigenvalue weighted by molar-refractivity contribution is 6.30. The van der Waals surface area contributed by atoms with Gasteiger partial charge in [0.15, 0.2) is 12.4 Å². The average molecular weight is 347 g/mol. The van der Waals surface area contributed by atoms with E-state index >= 15 is 0 Å². The van der Waals surface area contributed by atoms with Crippen molar-refractivity contribution < 1.29 is 19.1 Å². The summed E-state index contributed by atoms with van der Waals surface area (Å²) in [4.78, 5) is 23.9. The number of halogens is 1. The molecule has 0 atom stereocenters. The molecule has 0 radical (unpaired) electrons. The summed E-state index contributed by atoms with van der Waals surface area (Å²) in [6.07, 6.45) is 2.04. The fraction of sp³-hybridized carbons (Fsp3) is 0.263. The van der Waals surface area contributed by atoms with E-state index in [0.717, 1.165) is 12.8 Å².